The van der Waals surface area contributed by atoms with Gasteiger partial charge in [0.05, 0.1) is 3.79 Å². The molecule has 74 valence electrons. The zero-order chi connectivity index (χ0) is 9.68. The first-order chi connectivity index (χ1) is 6.24. The molecule has 1 nitrogen and oxygen atoms in total. The lowest BCUT2D eigenvalue weighted by Gasteiger charge is -1.99. The highest BCUT2D eigenvalue weighted by Gasteiger charge is 2.02. The number of halogens is 2. The molecule has 0 atom stereocenters. The van der Waals surface area contributed by atoms with Gasteiger partial charge in [0.15, 0.2) is 0 Å². The second-order valence-electron chi connectivity index (χ2n) is 2.50. The van der Waals surface area contributed by atoms with Gasteiger partial charge in [0.25, 0.3) is 0 Å². The normalized spacial score (nSPS) is 10.7. The van der Waals surface area contributed by atoms with Gasteiger partial charge in [-0.2, -0.15) is 11.8 Å². The van der Waals surface area contributed by atoms with Gasteiger partial charge in [-0.15, -0.1) is 11.3 Å². The van der Waals surface area contributed by atoms with Crippen LogP contribution in [0.15, 0.2) is 14.3 Å². The molecule has 0 saturated heterocycles. The summed E-state index contributed by atoms with van der Waals surface area (Å²) in [6, 6.07) is 2.15. The topological polar surface area (TPSA) is 12.0 Å². The Balaban J connectivity index is 2.29. The fraction of sp³-hybridized carbons (Fsp3) is 0.500. The van der Waals surface area contributed by atoms with Crippen LogP contribution in [0.2, 0.25) is 0 Å². The maximum Gasteiger partial charge on any atom is 0.0843 e. The zero-order valence-electron chi connectivity index (χ0n) is 7.27. The standard InChI is InChI=1S/C8H11Br2NS2/c1-12-3-2-11-5-6-4-7(9)8(10)13-6/h4,11H,2-3,5H2,1H3. The molecular weight excluding hydrogens is 334 g/mol. The van der Waals surface area contributed by atoms with Crippen molar-refractivity contribution in [3.05, 3.63) is 19.2 Å². The van der Waals surface area contributed by atoms with Crippen LogP contribution < -0.4 is 5.32 Å². The Hall–Kier alpha value is 0.970. The SMILES string of the molecule is CSCCNCc1cc(Br)c(Br)s1. The molecule has 0 fully saturated rings. The molecule has 0 unspecified atom stereocenters. The van der Waals surface area contributed by atoms with Crippen molar-refractivity contribution in [1.82, 2.24) is 5.32 Å². The Morgan fingerprint density at radius 3 is 2.85 bits per heavy atom. The number of hydrogen-bond acceptors (Lipinski definition) is 3. The van der Waals surface area contributed by atoms with E-state index < -0.39 is 0 Å². The lowest BCUT2D eigenvalue weighted by molar-refractivity contribution is 0.741. The van der Waals surface area contributed by atoms with E-state index in [0.717, 1.165) is 17.6 Å². The number of nitrogens with one attached hydrogen (secondary N) is 1. The maximum atomic E-state index is 3.48. The summed E-state index contributed by atoms with van der Waals surface area (Å²) in [5.41, 5.74) is 0. The predicted octanol–water partition coefficient (Wildman–Crippen LogP) is 3.73. The van der Waals surface area contributed by atoms with Crippen molar-refractivity contribution in [2.45, 2.75) is 6.54 Å². The van der Waals surface area contributed by atoms with Crippen LogP contribution in [0.25, 0.3) is 0 Å². The molecule has 13 heavy (non-hydrogen) atoms. The van der Waals surface area contributed by atoms with Gasteiger partial charge in [-0.1, -0.05) is 0 Å². The van der Waals surface area contributed by atoms with Crippen molar-refractivity contribution >= 4 is 55.0 Å². The summed E-state index contributed by atoms with van der Waals surface area (Å²) in [6.45, 7) is 2.05. The molecule has 0 radical (unpaired) electrons. The molecule has 0 aliphatic rings. The molecule has 0 bridgehead atoms. The molecular formula is C8H11Br2NS2. The van der Waals surface area contributed by atoms with Crippen molar-refractivity contribution in [1.29, 1.82) is 0 Å². The molecule has 5 heteroatoms. The van der Waals surface area contributed by atoms with Crippen molar-refractivity contribution in [3.63, 3.8) is 0 Å². The molecule has 0 aliphatic carbocycles. The Bertz CT molecular complexity index is 243. The smallest absolute Gasteiger partial charge is 0.0843 e. The average molecular weight is 345 g/mol. The van der Waals surface area contributed by atoms with Gasteiger partial charge >= 0.3 is 0 Å². The third-order valence-corrected chi connectivity index (χ3v) is 5.35. The number of hydrogen-bond donors (Lipinski definition) is 1. The molecule has 0 saturated carbocycles. The van der Waals surface area contributed by atoms with Gasteiger partial charge in [-0.3, -0.25) is 0 Å². The second kappa shape index (κ2) is 6.45. The van der Waals surface area contributed by atoms with Crippen LogP contribution in [0.5, 0.6) is 0 Å². The highest BCUT2D eigenvalue weighted by atomic mass is 79.9. The van der Waals surface area contributed by atoms with Gasteiger partial charge in [-0.05, 0) is 44.2 Å². The van der Waals surface area contributed by atoms with Gasteiger partial charge in [0.2, 0.25) is 0 Å². The Morgan fingerprint density at radius 2 is 2.31 bits per heavy atom. The minimum Gasteiger partial charge on any atom is -0.311 e. The van der Waals surface area contributed by atoms with Crippen LogP contribution in [0.4, 0.5) is 0 Å². The first-order valence-corrected chi connectivity index (χ1v) is 7.67. The molecule has 1 aromatic heterocycles. The summed E-state index contributed by atoms with van der Waals surface area (Å²) in [6.07, 6.45) is 2.12. The summed E-state index contributed by atoms with van der Waals surface area (Å²) in [4.78, 5) is 1.36. The molecule has 0 spiro atoms. The molecule has 0 aromatic carbocycles. The largest absolute Gasteiger partial charge is 0.311 e. The van der Waals surface area contributed by atoms with Crippen LogP contribution in [0.3, 0.4) is 0 Å². The zero-order valence-corrected chi connectivity index (χ0v) is 12.1. The van der Waals surface area contributed by atoms with Gasteiger partial charge < -0.3 is 5.32 Å². The van der Waals surface area contributed by atoms with Gasteiger partial charge in [0, 0.05) is 28.2 Å². The van der Waals surface area contributed by atoms with Crippen LogP contribution in [-0.4, -0.2) is 18.6 Å². The minimum atomic E-state index is 0.968. The minimum absolute atomic E-state index is 0.968. The number of thioether (sulfide) groups is 1. The Morgan fingerprint density at radius 1 is 1.54 bits per heavy atom. The van der Waals surface area contributed by atoms with Gasteiger partial charge in [0.1, 0.15) is 0 Å². The van der Waals surface area contributed by atoms with E-state index in [1.165, 1.54) is 14.4 Å². The van der Waals surface area contributed by atoms with Crippen molar-refractivity contribution in [3.8, 4) is 0 Å². The summed E-state index contributed by atoms with van der Waals surface area (Å²) < 4.78 is 2.33. The Kier molecular flexibility index (Phi) is 5.98. The molecule has 1 heterocycles. The van der Waals surface area contributed by atoms with E-state index in [4.69, 9.17) is 0 Å². The van der Waals surface area contributed by atoms with E-state index in [-0.39, 0.29) is 0 Å². The molecule has 1 rings (SSSR count). The van der Waals surface area contributed by atoms with Crippen molar-refractivity contribution < 1.29 is 0 Å². The first-order valence-electron chi connectivity index (χ1n) is 3.87. The number of thiophene rings is 1. The quantitative estimate of drug-likeness (QED) is 0.817. The molecule has 1 aromatic rings. The van der Waals surface area contributed by atoms with Crippen LogP contribution >= 0.6 is 55.0 Å². The number of rotatable bonds is 5. The predicted molar refractivity (Wildman–Crippen MR) is 69.8 cm³/mol. The lowest BCUT2D eigenvalue weighted by atomic mass is 10.4. The first kappa shape index (κ1) is 12.0. The van der Waals surface area contributed by atoms with Crippen LogP contribution in [0.1, 0.15) is 4.88 Å². The fourth-order valence-electron chi connectivity index (χ4n) is 0.864. The third-order valence-electron chi connectivity index (χ3n) is 1.48. The maximum absolute atomic E-state index is 3.48. The van der Waals surface area contributed by atoms with Crippen LogP contribution in [-0.2, 0) is 6.54 Å². The highest BCUT2D eigenvalue weighted by molar-refractivity contribution is 9.13. The van der Waals surface area contributed by atoms with E-state index >= 15 is 0 Å². The van der Waals surface area contributed by atoms with E-state index in [9.17, 15) is 0 Å². The average Bonchev–Trinajstić information content (AvgIpc) is 2.41. The fourth-order valence-corrected chi connectivity index (χ4v) is 3.36. The molecule has 0 aliphatic heterocycles. The summed E-state index contributed by atoms with van der Waals surface area (Å²) in [7, 11) is 0. The molecule has 0 amide bonds. The summed E-state index contributed by atoms with van der Waals surface area (Å²) in [5, 5.41) is 3.39. The Labute approximate surface area is 104 Å². The summed E-state index contributed by atoms with van der Waals surface area (Å²) in [5.74, 6) is 1.17. The lowest BCUT2D eigenvalue weighted by Crippen LogP contribution is -2.15. The third kappa shape index (κ3) is 4.34. The molecule has 1 N–H and O–H groups in total. The monoisotopic (exact) mass is 343 g/mol. The van der Waals surface area contributed by atoms with Crippen molar-refractivity contribution in [2.75, 3.05) is 18.6 Å². The van der Waals surface area contributed by atoms with Crippen molar-refractivity contribution in [2.24, 2.45) is 0 Å². The van der Waals surface area contributed by atoms with E-state index in [1.54, 1.807) is 11.3 Å². The second-order valence-corrected chi connectivity index (χ2v) is 6.80. The van der Waals surface area contributed by atoms with E-state index in [0.29, 0.717) is 0 Å². The van der Waals surface area contributed by atoms with E-state index in [2.05, 4.69) is 49.5 Å². The summed E-state index contributed by atoms with van der Waals surface area (Å²) >= 11 is 10.6. The highest BCUT2D eigenvalue weighted by Crippen LogP contribution is 2.32. The van der Waals surface area contributed by atoms with Crippen LogP contribution in [0, 0.1) is 0 Å². The van der Waals surface area contributed by atoms with Gasteiger partial charge in [-0.25, -0.2) is 0 Å². The van der Waals surface area contributed by atoms with E-state index in [1.807, 2.05) is 11.8 Å².